The summed E-state index contributed by atoms with van der Waals surface area (Å²) in [5.74, 6) is 0.721. The number of amides is 1. The molecule has 1 aliphatic rings. The lowest BCUT2D eigenvalue weighted by Gasteiger charge is -2.37. The van der Waals surface area contributed by atoms with Gasteiger partial charge in [-0.25, -0.2) is 17.4 Å². The summed E-state index contributed by atoms with van der Waals surface area (Å²) in [6.07, 6.45) is 1.27. The molecule has 1 amide bonds. The lowest BCUT2D eigenvalue weighted by molar-refractivity contribution is -0.136. The summed E-state index contributed by atoms with van der Waals surface area (Å²) in [6.45, 7) is 10.5. The minimum absolute atomic E-state index is 0.0396. The first-order chi connectivity index (χ1) is 12.0. The average Bonchev–Trinajstić information content (AvgIpc) is 3.10. The maximum Gasteiger partial charge on any atom is 0.247 e. The van der Waals surface area contributed by atoms with Crippen molar-refractivity contribution in [2.24, 2.45) is 0 Å². The SMILES string of the molecule is CCS(=O)(=O)N(C)C1CCN(C(=O)[C@H](C)n2nnnc2C(C)(C)C)CC1. The van der Waals surface area contributed by atoms with Crippen molar-refractivity contribution in [3.8, 4) is 0 Å². The summed E-state index contributed by atoms with van der Waals surface area (Å²) in [5.41, 5.74) is -0.262. The van der Waals surface area contributed by atoms with Crippen molar-refractivity contribution in [3.05, 3.63) is 5.82 Å². The van der Waals surface area contributed by atoms with Crippen LogP contribution in [0.5, 0.6) is 0 Å². The van der Waals surface area contributed by atoms with E-state index in [9.17, 15) is 13.2 Å². The molecule has 1 aromatic rings. The Kier molecular flexibility index (Phi) is 6.06. The fourth-order valence-corrected chi connectivity index (χ4v) is 4.27. The Morgan fingerprint density at radius 2 is 1.88 bits per heavy atom. The number of hydrogen-bond donors (Lipinski definition) is 0. The van der Waals surface area contributed by atoms with E-state index in [2.05, 4.69) is 15.5 Å². The van der Waals surface area contributed by atoms with Crippen molar-refractivity contribution < 1.29 is 13.2 Å². The molecule has 0 saturated carbocycles. The molecule has 148 valence electrons. The first kappa shape index (κ1) is 20.8. The maximum atomic E-state index is 12.9. The quantitative estimate of drug-likeness (QED) is 0.742. The van der Waals surface area contributed by atoms with E-state index in [-0.39, 0.29) is 23.1 Å². The maximum absolute atomic E-state index is 12.9. The minimum Gasteiger partial charge on any atom is -0.341 e. The highest BCUT2D eigenvalue weighted by molar-refractivity contribution is 7.89. The van der Waals surface area contributed by atoms with Crippen molar-refractivity contribution in [1.82, 2.24) is 29.4 Å². The van der Waals surface area contributed by atoms with Crippen molar-refractivity contribution in [3.63, 3.8) is 0 Å². The van der Waals surface area contributed by atoms with Gasteiger partial charge >= 0.3 is 0 Å². The van der Waals surface area contributed by atoms with Crippen LogP contribution in [0.1, 0.15) is 59.3 Å². The Morgan fingerprint density at radius 1 is 1.31 bits per heavy atom. The van der Waals surface area contributed by atoms with Crippen LogP contribution in [0.4, 0.5) is 0 Å². The summed E-state index contributed by atoms with van der Waals surface area (Å²) >= 11 is 0. The van der Waals surface area contributed by atoms with Gasteiger partial charge in [-0.1, -0.05) is 20.8 Å². The molecule has 1 aromatic heterocycles. The van der Waals surface area contributed by atoms with E-state index < -0.39 is 16.1 Å². The summed E-state index contributed by atoms with van der Waals surface area (Å²) in [4.78, 5) is 14.7. The molecular weight excluding hydrogens is 356 g/mol. The van der Waals surface area contributed by atoms with Gasteiger partial charge < -0.3 is 4.90 Å². The smallest absolute Gasteiger partial charge is 0.247 e. The van der Waals surface area contributed by atoms with Crippen LogP contribution in [-0.4, -0.2) is 75.7 Å². The van der Waals surface area contributed by atoms with Gasteiger partial charge in [0.15, 0.2) is 5.82 Å². The van der Waals surface area contributed by atoms with E-state index >= 15 is 0 Å². The summed E-state index contributed by atoms with van der Waals surface area (Å²) < 4.78 is 27.1. The van der Waals surface area contributed by atoms with Crippen LogP contribution in [0.15, 0.2) is 0 Å². The molecule has 10 heteroatoms. The largest absolute Gasteiger partial charge is 0.341 e. The van der Waals surface area contributed by atoms with Crippen molar-refractivity contribution in [1.29, 1.82) is 0 Å². The fraction of sp³-hybridized carbons (Fsp3) is 0.875. The molecule has 26 heavy (non-hydrogen) atoms. The zero-order chi connectivity index (χ0) is 19.7. The number of nitrogens with zero attached hydrogens (tertiary/aromatic N) is 6. The monoisotopic (exact) mass is 386 g/mol. The number of sulfonamides is 1. The number of piperidine rings is 1. The third-order valence-corrected chi connectivity index (χ3v) is 6.89. The van der Waals surface area contributed by atoms with Crippen LogP contribution >= 0.6 is 0 Å². The molecule has 1 aliphatic heterocycles. The van der Waals surface area contributed by atoms with Crippen LogP contribution in [0, 0.1) is 0 Å². The van der Waals surface area contributed by atoms with Gasteiger partial charge in [-0.3, -0.25) is 4.79 Å². The van der Waals surface area contributed by atoms with E-state index in [0.29, 0.717) is 31.8 Å². The first-order valence-corrected chi connectivity index (χ1v) is 10.6. The Labute approximate surface area is 155 Å². The molecular formula is C16H30N6O3S. The highest BCUT2D eigenvalue weighted by atomic mass is 32.2. The van der Waals surface area contributed by atoms with Crippen LogP contribution in [0.25, 0.3) is 0 Å². The van der Waals surface area contributed by atoms with Crippen molar-refractivity contribution in [2.45, 2.75) is 65.0 Å². The second-order valence-electron chi connectivity index (χ2n) is 7.85. The van der Waals surface area contributed by atoms with Gasteiger partial charge in [0.2, 0.25) is 15.9 Å². The third-order valence-electron chi connectivity index (χ3n) is 4.98. The number of carbonyl (C=O) groups excluding carboxylic acids is 1. The third kappa shape index (κ3) is 4.22. The van der Waals surface area contributed by atoms with Gasteiger partial charge in [-0.05, 0) is 37.1 Å². The number of rotatable bonds is 5. The zero-order valence-electron chi connectivity index (χ0n) is 16.5. The highest BCUT2D eigenvalue weighted by Gasteiger charge is 2.34. The van der Waals surface area contributed by atoms with E-state index in [0.717, 1.165) is 0 Å². The molecule has 0 unspecified atom stereocenters. The Bertz CT molecular complexity index is 731. The van der Waals surface area contributed by atoms with Gasteiger partial charge in [0.25, 0.3) is 0 Å². The van der Waals surface area contributed by atoms with E-state index in [1.165, 1.54) is 4.31 Å². The summed E-state index contributed by atoms with van der Waals surface area (Å²) in [6, 6.07) is -0.551. The summed E-state index contributed by atoms with van der Waals surface area (Å²) in [5, 5.41) is 11.8. The van der Waals surface area contributed by atoms with Gasteiger partial charge in [-0.2, -0.15) is 0 Å². The average molecular weight is 387 g/mol. The molecule has 2 rings (SSSR count). The molecule has 0 N–H and O–H groups in total. The fourth-order valence-electron chi connectivity index (χ4n) is 3.20. The number of carbonyl (C=O) groups is 1. The van der Waals surface area contributed by atoms with Crippen LogP contribution < -0.4 is 0 Å². The van der Waals surface area contributed by atoms with Gasteiger partial charge in [0.1, 0.15) is 6.04 Å². The van der Waals surface area contributed by atoms with Crippen LogP contribution in [-0.2, 0) is 20.2 Å². The van der Waals surface area contributed by atoms with Gasteiger partial charge in [0, 0.05) is 31.6 Å². The number of aromatic nitrogens is 4. The van der Waals surface area contributed by atoms with Gasteiger partial charge in [-0.15, -0.1) is 5.10 Å². The van der Waals surface area contributed by atoms with Crippen LogP contribution in [0.2, 0.25) is 0 Å². The van der Waals surface area contributed by atoms with Crippen LogP contribution in [0.3, 0.4) is 0 Å². The van der Waals surface area contributed by atoms with Crippen molar-refractivity contribution >= 4 is 15.9 Å². The molecule has 9 nitrogen and oxygen atoms in total. The predicted octanol–water partition coefficient (Wildman–Crippen LogP) is 0.804. The standard InChI is InChI=1S/C16H30N6O3S/c1-7-26(24,25)20(6)13-8-10-21(11-9-13)14(23)12(2)22-15(16(3,4)5)17-18-19-22/h12-13H,7-11H2,1-6H3/t12-/m0/s1. The number of tetrazole rings is 1. The van der Waals surface area contributed by atoms with Crippen molar-refractivity contribution in [2.75, 3.05) is 25.9 Å². The minimum atomic E-state index is -3.21. The molecule has 0 bridgehead atoms. The molecule has 0 spiro atoms. The predicted molar refractivity (Wildman–Crippen MR) is 98.1 cm³/mol. The molecule has 1 fully saturated rings. The lowest BCUT2D eigenvalue weighted by atomic mass is 9.95. The van der Waals surface area contributed by atoms with Gasteiger partial charge in [0.05, 0.1) is 5.75 Å². The number of hydrogen-bond acceptors (Lipinski definition) is 6. The Balaban J connectivity index is 2.04. The molecule has 0 aromatic carbocycles. The Morgan fingerprint density at radius 3 is 2.38 bits per heavy atom. The number of likely N-dealkylation sites (tertiary alicyclic amines) is 1. The summed E-state index contributed by atoms with van der Waals surface area (Å²) in [7, 11) is -1.58. The van der Waals surface area contributed by atoms with E-state index in [4.69, 9.17) is 0 Å². The second-order valence-corrected chi connectivity index (χ2v) is 10.2. The molecule has 1 saturated heterocycles. The topological polar surface area (TPSA) is 101 Å². The molecule has 0 aliphatic carbocycles. The zero-order valence-corrected chi connectivity index (χ0v) is 17.3. The second kappa shape index (κ2) is 7.59. The van der Waals surface area contributed by atoms with E-state index in [1.807, 2.05) is 20.8 Å². The molecule has 0 radical (unpaired) electrons. The Hall–Kier alpha value is -1.55. The lowest BCUT2D eigenvalue weighted by Crippen LogP contribution is -2.49. The molecule has 1 atom stereocenters. The normalized spacial score (nSPS) is 18.3. The first-order valence-electron chi connectivity index (χ1n) is 9.02. The highest BCUT2D eigenvalue weighted by Crippen LogP contribution is 2.24. The molecule has 2 heterocycles. The van der Waals surface area contributed by atoms with E-state index in [1.54, 1.807) is 30.5 Å².